The number of hydrogen-bond acceptors (Lipinski definition) is 6. The molecule has 1 atom stereocenters. The van der Waals surface area contributed by atoms with E-state index in [-0.39, 0.29) is 11.6 Å². The summed E-state index contributed by atoms with van der Waals surface area (Å²) in [5, 5.41) is 3.59. The molecule has 1 fully saturated rings. The van der Waals surface area contributed by atoms with E-state index in [1.165, 1.54) is 17.2 Å². The lowest BCUT2D eigenvalue weighted by Gasteiger charge is -2.34. The van der Waals surface area contributed by atoms with Crippen LogP contribution in [0.5, 0.6) is 0 Å². The molecule has 0 spiro atoms. The fourth-order valence-electron chi connectivity index (χ4n) is 4.63. The van der Waals surface area contributed by atoms with Gasteiger partial charge in [-0.25, -0.2) is 4.79 Å². The summed E-state index contributed by atoms with van der Waals surface area (Å²) in [5.74, 6) is 3.23. The second-order valence-corrected chi connectivity index (χ2v) is 8.85. The second kappa shape index (κ2) is 9.24. The van der Waals surface area contributed by atoms with Crippen LogP contribution in [0.2, 0.25) is 0 Å². The maximum atomic E-state index is 13.2. The zero-order valence-electron chi connectivity index (χ0n) is 19.8. The molecule has 1 aliphatic rings. The third kappa shape index (κ3) is 4.24. The highest BCUT2D eigenvalue weighted by molar-refractivity contribution is 5.75. The molecule has 1 N–H and O–H groups in total. The van der Waals surface area contributed by atoms with E-state index in [0.717, 1.165) is 36.3 Å². The van der Waals surface area contributed by atoms with Gasteiger partial charge >= 0.3 is 5.69 Å². The molecular weight excluding hydrogens is 442 g/mol. The standard InChI is InChI=1S/C26H27N7O2/c1-4-18-10-11-20(28-15-18)17-33-22-23(30(2)26(35)31(3)24(22)34)29-25(33)32-13-12-27-21(16-32)14-19-8-6-5-7-9-19/h1,5-11,15,21,27H,12-14,16-17H2,2-3H3/t21-/m1/s1. The number of imidazole rings is 1. The number of anilines is 1. The third-order valence-corrected chi connectivity index (χ3v) is 6.50. The first-order valence-electron chi connectivity index (χ1n) is 11.6. The quantitative estimate of drug-likeness (QED) is 0.437. The third-order valence-electron chi connectivity index (χ3n) is 6.50. The molecule has 0 amide bonds. The summed E-state index contributed by atoms with van der Waals surface area (Å²) in [4.78, 5) is 37.3. The number of hydrogen-bond donors (Lipinski definition) is 1. The normalized spacial score (nSPS) is 15.9. The number of piperazine rings is 1. The average molecular weight is 470 g/mol. The van der Waals surface area contributed by atoms with Crippen LogP contribution in [-0.4, -0.2) is 49.3 Å². The van der Waals surface area contributed by atoms with Crippen molar-refractivity contribution >= 4 is 17.1 Å². The number of benzene rings is 1. The molecule has 3 aromatic heterocycles. The van der Waals surface area contributed by atoms with Gasteiger partial charge in [0.25, 0.3) is 5.56 Å². The minimum absolute atomic E-state index is 0.221. The maximum absolute atomic E-state index is 13.2. The summed E-state index contributed by atoms with van der Waals surface area (Å²) in [7, 11) is 3.13. The molecule has 0 saturated carbocycles. The zero-order valence-corrected chi connectivity index (χ0v) is 19.8. The Hall–Kier alpha value is -4.16. The molecule has 0 radical (unpaired) electrons. The summed E-state index contributed by atoms with van der Waals surface area (Å²) in [6.45, 7) is 2.56. The molecule has 178 valence electrons. The lowest BCUT2D eigenvalue weighted by molar-refractivity contribution is 0.447. The van der Waals surface area contributed by atoms with Gasteiger partial charge in [0, 0.05) is 51.5 Å². The van der Waals surface area contributed by atoms with Gasteiger partial charge in [0.1, 0.15) is 0 Å². The molecule has 1 saturated heterocycles. The first-order chi connectivity index (χ1) is 17.0. The van der Waals surface area contributed by atoms with Crippen LogP contribution < -0.4 is 21.5 Å². The number of nitrogens with zero attached hydrogens (tertiary/aromatic N) is 6. The fraction of sp³-hybridized carbons (Fsp3) is 0.308. The first-order valence-corrected chi connectivity index (χ1v) is 11.6. The Morgan fingerprint density at radius 2 is 1.91 bits per heavy atom. The molecule has 35 heavy (non-hydrogen) atoms. The van der Waals surface area contributed by atoms with Crippen LogP contribution in [0.3, 0.4) is 0 Å². The van der Waals surface area contributed by atoms with E-state index < -0.39 is 5.69 Å². The van der Waals surface area contributed by atoms with Gasteiger partial charge in [-0.3, -0.25) is 23.5 Å². The summed E-state index contributed by atoms with van der Waals surface area (Å²) in [6.07, 6.45) is 8.00. The molecule has 0 bridgehead atoms. The Morgan fingerprint density at radius 1 is 1.11 bits per heavy atom. The predicted octanol–water partition coefficient (Wildman–Crippen LogP) is 0.879. The van der Waals surface area contributed by atoms with Crippen molar-refractivity contribution in [3.05, 3.63) is 86.3 Å². The van der Waals surface area contributed by atoms with E-state index in [9.17, 15) is 9.59 Å². The van der Waals surface area contributed by atoms with Gasteiger partial charge in [0.05, 0.1) is 12.2 Å². The Balaban J connectivity index is 1.58. The van der Waals surface area contributed by atoms with Crippen molar-refractivity contribution in [2.24, 2.45) is 14.1 Å². The van der Waals surface area contributed by atoms with Gasteiger partial charge in [-0.15, -0.1) is 6.42 Å². The predicted molar refractivity (Wildman–Crippen MR) is 136 cm³/mol. The Labute approximate surface area is 202 Å². The number of aromatic nitrogens is 5. The monoisotopic (exact) mass is 469 g/mol. The molecule has 5 rings (SSSR count). The Bertz CT molecular complexity index is 1530. The summed E-state index contributed by atoms with van der Waals surface area (Å²) < 4.78 is 4.42. The second-order valence-electron chi connectivity index (χ2n) is 8.85. The molecular formula is C26H27N7O2. The SMILES string of the molecule is C#Cc1ccc(Cn2c(N3CCN[C@H](Cc4ccccc4)C3)nc3c2c(=O)n(C)c(=O)n3C)nc1. The minimum atomic E-state index is -0.405. The van der Waals surface area contributed by atoms with Gasteiger partial charge in [-0.05, 0) is 24.1 Å². The van der Waals surface area contributed by atoms with Crippen LogP contribution >= 0.6 is 0 Å². The first kappa shape index (κ1) is 22.6. The minimum Gasteiger partial charge on any atom is -0.339 e. The van der Waals surface area contributed by atoms with Crippen molar-refractivity contribution in [3.8, 4) is 12.3 Å². The van der Waals surface area contributed by atoms with E-state index >= 15 is 0 Å². The van der Waals surface area contributed by atoms with Gasteiger partial charge in [0.2, 0.25) is 5.95 Å². The highest BCUT2D eigenvalue weighted by Gasteiger charge is 2.27. The lowest BCUT2D eigenvalue weighted by atomic mass is 10.0. The summed E-state index contributed by atoms with van der Waals surface area (Å²) in [6, 6.07) is 14.3. The van der Waals surface area contributed by atoms with Crippen molar-refractivity contribution in [2.75, 3.05) is 24.5 Å². The van der Waals surface area contributed by atoms with Gasteiger partial charge in [0.15, 0.2) is 11.2 Å². The number of aryl methyl sites for hydroxylation is 1. The summed E-state index contributed by atoms with van der Waals surface area (Å²) >= 11 is 0. The Kier molecular flexibility index (Phi) is 5.97. The Morgan fingerprint density at radius 3 is 2.63 bits per heavy atom. The molecule has 0 aliphatic carbocycles. The molecule has 9 nitrogen and oxygen atoms in total. The summed E-state index contributed by atoms with van der Waals surface area (Å²) in [5.41, 5.74) is 2.66. The number of nitrogens with one attached hydrogen (secondary N) is 1. The topological polar surface area (TPSA) is 90.0 Å². The van der Waals surface area contributed by atoms with Crippen LogP contribution in [0.15, 0.2) is 58.3 Å². The average Bonchev–Trinajstić information content (AvgIpc) is 3.26. The van der Waals surface area contributed by atoms with Crippen molar-refractivity contribution in [3.63, 3.8) is 0 Å². The van der Waals surface area contributed by atoms with E-state index in [4.69, 9.17) is 11.4 Å². The molecule has 1 aliphatic heterocycles. The molecule has 9 heteroatoms. The molecule has 0 unspecified atom stereocenters. The van der Waals surface area contributed by atoms with E-state index in [2.05, 4.69) is 33.3 Å². The van der Waals surface area contributed by atoms with Gasteiger partial charge in [-0.1, -0.05) is 36.3 Å². The number of fused-ring (bicyclic) bond motifs is 1. The van der Waals surface area contributed by atoms with Gasteiger partial charge in [-0.2, -0.15) is 4.98 Å². The van der Waals surface area contributed by atoms with E-state index in [1.807, 2.05) is 34.9 Å². The van der Waals surface area contributed by atoms with Crippen LogP contribution in [0.25, 0.3) is 11.2 Å². The van der Waals surface area contributed by atoms with Crippen molar-refractivity contribution in [1.29, 1.82) is 0 Å². The van der Waals surface area contributed by atoms with Crippen molar-refractivity contribution in [2.45, 2.75) is 19.0 Å². The van der Waals surface area contributed by atoms with E-state index in [0.29, 0.717) is 29.2 Å². The highest BCUT2D eigenvalue weighted by Crippen LogP contribution is 2.23. The van der Waals surface area contributed by atoms with Crippen LogP contribution in [0.1, 0.15) is 16.8 Å². The molecule has 1 aromatic carbocycles. The lowest BCUT2D eigenvalue weighted by Crippen LogP contribution is -2.52. The zero-order chi connectivity index (χ0) is 24.5. The number of rotatable bonds is 5. The smallest absolute Gasteiger partial charge is 0.332 e. The van der Waals surface area contributed by atoms with Crippen molar-refractivity contribution < 1.29 is 0 Å². The maximum Gasteiger partial charge on any atom is 0.332 e. The fourth-order valence-corrected chi connectivity index (χ4v) is 4.63. The number of terminal acetylenes is 1. The highest BCUT2D eigenvalue weighted by atomic mass is 16.2. The van der Waals surface area contributed by atoms with Crippen LogP contribution in [0, 0.1) is 12.3 Å². The van der Waals surface area contributed by atoms with Gasteiger partial charge < -0.3 is 10.2 Å². The largest absolute Gasteiger partial charge is 0.339 e. The van der Waals surface area contributed by atoms with Crippen molar-refractivity contribution in [1.82, 2.24) is 29.0 Å². The molecule has 4 heterocycles. The van der Waals surface area contributed by atoms with E-state index in [1.54, 1.807) is 13.2 Å². The van der Waals surface area contributed by atoms with Crippen LogP contribution in [0.4, 0.5) is 5.95 Å². The van der Waals surface area contributed by atoms with Crippen LogP contribution in [-0.2, 0) is 27.1 Å². The number of pyridine rings is 1. The molecule has 4 aromatic rings.